The molecule has 1 heterocycles. The molecule has 5 nitrogen and oxygen atoms in total. The summed E-state index contributed by atoms with van der Waals surface area (Å²) in [5.74, 6) is 0.00285. The van der Waals surface area contributed by atoms with Crippen molar-refractivity contribution in [3.05, 3.63) is 17.2 Å². The molecule has 0 saturated carbocycles. The molecule has 0 spiro atoms. The molecule has 0 fully saturated rings. The molecule has 96 valence electrons. The lowest BCUT2D eigenvalue weighted by Crippen LogP contribution is -2.05. The van der Waals surface area contributed by atoms with E-state index in [1.54, 1.807) is 0 Å². The summed E-state index contributed by atoms with van der Waals surface area (Å²) in [7, 11) is 0. The number of hydrogen-bond acceptors (Lipinski definition) is 3. The molecule has 0 aliphatic carbocycles. The number of aliphatic carboxylic acids is 1. The molecule has 0 amide bonds. The molecule has 0 bridgehead atoms. The van der Waals surface area contributed by atoms with E-state index in [1.807, 2.05) is 6.92 Å². The molecule has 0 aliphatic heterocycles. The van der Waals surface area contributed by atoms with Crippen LogP contribution in [-0.2, 0) is 17.6 Å². The second-order valence-electron chi connectivity index (χ2n) is 4.27. The Hall–Kier alpha value is -1.36. The van der Waals surface area contributed by atoms with Gasteiger partial charge in [-0.2, -0.15) is 0 Å². The minimum absolute atomic E-state index is 0.0243. The van der Waals surface area contributed by atoms with E-state index < -0.39 is 5.97 Å². The van der Waals surface area contributed by atoms with Crippen molar-refractivity contribution in [2.45, 2.75) is 45.4 Å². The number of imidazole rings is 1. The average Bonchev–Trinajstić information content (AvgIpc) is 2.69. The lowest BCUT2D eigenvalue weighted by Gasteiger charge is -2.06. The Morgan fingerprint density at radius 3 is 2.71 bits per heavy atom. The van der Waals surface area contributed by atoms with Crippen LogP contribution in [0.25, 0.3) is 0 Å². The molecular weight excluding hydrogens is 220 g/mol. The molecule has 1 rings (SSSR count). The first-order valence-electron chi connectivity index (χ1n) is 5.98. The van der Waals surface area contributed by atoms with Gasteiger partial charge in [0.1, 0.15) is 5.82 Å². The summed E-state index contributed by atoms with van der Waals surface area (Å²) < 4.78 is 0. The highest BCUT2D eigenvalue weighted by Gasteiger charge is 2.16. The number of carbonyl (C=O) groups is 1. The van der Waals surface area contributed by atoms with E-state index in [2.05, 4.69) is 16.9 Å². The minimum atomic E-state index is -0.820. The van der Waals surface area contributed by atoms with Crippen molar-refractivity contribution in [3.8, 4) is 0 Å². The van der Waals surface area contributed by atoms with E-state index in [-0.39, 0.29) is 18.9 Å². The van der Waals surface area contributed by atoms with Crippen LogP contribution in [0, 0.1) is 0 Å². The monoisotopic (exact) mass is 240 g/mol. The Kier molecular flexibility index (Phi) is 5.15. The summed E-state index contributed by atoms with van der Waals surface area (Å²) in [5.41, 5.74) is 1.65. The third-order valence-electron chi connectivity index (χ3n) is 2.68. The van der Waals surface area contributed by atoms with E-state index in [9.17, 15) is 4.79 Å². The van der Waals surface area contributed by atoms with Gasteiger partial charge in [-0.15, -0.1) is 0 Å². The fourth-order valence-electron chi connectivity index (χ4n) is 1.75. The van der Waals surface area contributed by atoms with Gasteiger partial charge in [0.25, 0.3) is 0 Å². The average molecular weight is 240 g/mol. The molecule has 17 heavy (non-hydrogen) atoms. The first-order chi connectivity index (χ1) is 8.08. The van der Waals surface area contributed by atoms with Crippen molar-refractivity contribution in [2.75, 3.05) is 6.61 Å². The van der Waals surface area contributed by atoms with Crippen LogP contribution in [0.1, 0.15) is 49.8 Å². The van der Waals surface area contributed by atoms with Crippen LogP contribution in [0.15, 0.2) is 0 Å². The molecule has 1 aromatic rings. The third-order valence-corrected chi connectivity index (χ3v) is 2.68. The number of hydrogen-bond donors (Lipinski definition) is 3. The molecule has 1 unspecified atom stereocenters. The van der Waals surface area contributed by atoms with Crippen LogP contribution in [0.5, 0.6) is 0 Å². The fraction of sp³-hybridized carbons (Fsp3) is 0.667. The van der Waals surface area contributed by atoms with Gasteiger partial charge in [-0.25, -0.2) is 4.98 Å². The van der Waals surface area contributed by atoms with Gasteiger partial charge in [0.05, 0.1) is 18.7 Å². The summed E-state index contributed by atoms with van der Waals surface area (Å²) in [4.78, 5) is 18.2. The largest absolute Gasteiger partial charge is 0.481 e. The predicted octanol–water partition coefficient (Wildman–Crippen LogP) is 1.48. The van der Waals surface area contributed by atoms with E-state index in [1.165, 1.54) is 0 Å². The fourth-order valence-corrected chi connectivity index (χ4v) is 1.75. The second-order valence-corrected chi connectivity index (χ2v) is 4.27. The summed E-state index contributed by atoms with van der Waals surface area (Å²) in [5, 5.41) is 17.8. The standard InChI is InChI=1S/C12H20N2O3/c1-3-4-10-13-9(5-6-11(16)17)12(14-10)8(2)7-15/h8,15H,3-7H2,1-2H3,(H,13,14)(H,16,17). The highest BCUT2D eigenvalue weighted by atomic mass is 16.4. The van der Waals surface area contributed by atoms with Gasteiger partial charge in [0.15, 0.2) is 0 Å². The molecular formula is C12H20N2O3. The number of nitrogens with zero attached hydrogens (tertiary/aromatic N) is 1. The third kappa shape index (κ3) is 3.85. The second kappa shape index (κ2) is 6.39. The first-order valence-corrected chi connectivity index (χ1v) is 5.98. The molecule has 1 aromatic heterocycles. The molecule has 0 radical (unpaired) electrons. The number of carboxylic acid groups (broad SMARTS) is 1. The SMILES string of the molecule is CCCc1nc(C(C)CO)c(CCC(=O)O)[nH]1. The van der Waals surface area contributed by atoms with E-state index in [0.29, 0.717) is 6.42 Å². The quantitative estimate of drug-likeness (QED) is 0.673. The molecule has 3 N–H and O–H groups in total. The number of nitrogens with one attached hydrogen (secondary N) is 1. The van der Waals surface area contributed by atoms with Crippen LogP contribution in [-0.4, -0.2) is 32.8 Å². The van der Waals surface area contributed by atoms with Gasteiger partial charge in [-0.3, -0.25) is 4.79 Å². The molecule has 0 aliphatic rings. The normalized spacial score (nSPS) is 12.6. The maximum Gasteiger partial charge on any atom is 0.303 e. The van der Waals surface area contributed by atoms with E-state index in [4.69, 9.17) is 10.2 Å². The van der Waals surface area contributed by atoms with Gasteiger partial charge in [0, 0.05) is 18.0 Å². The number of aliphatic hydroxyl groups excluding tert-OH is 1. The zero-order valence-electron chi connectivity index (χ0n) is 10.4. The van der Waals surface area contributed by atoms with Crippen LogP contribution < -0.4 is 0 Å². The lowest BCUT2D eigenvalue weighted by atomic mass is 10.0. The number of carboxylic acids is 1. The van der Waals surface area contributed by atoms with Gasteiger partial charge >= 0.3 is 5.97 Å². The molecule has 0 saturated heterocycles. The van der Waals surface area contributed by atoms with Gasteiger partial charge < -0.3 is 15.2 Å². The summed E-state index contributed by atoms with van der Waals surface area (Å²) in [6, 6.07) is 0. The molecule has 5 heteroatoms. The number of aryl methyl sites for hydroxylation is 2. The highest BCUT2D eigenvalue weighted by Crippen LogP contribution is 2.19. The first kappa shape index (κ1) is 13.7. The zero-order chi connectivity index (χ0) is 12.8. The summed E-state index contributed by atoms with van der Waals surface area (Å²) >= 11 is 0. The number of aliphatic hydroxyl groups is 1. The van der Waals surface area contributed by atoms with Crippen molar-refractivity contribution in [2.24, 2.45) is 0 Å². The maximum absolute atomic E-state index is 10.6. The van der Waals surface area contributed by atoms with Crippen LogP contribution >= 0.6 is 0 Å². The summed E-state index contributed by atoms with van der Waals surface area (Å²) in [6.07, 6.45) is 2.35. The highest BCUT2D eigenvalue weighted by molar-refractivity contribution is 5.67. The van der Waals surface area contributed by atoms with Gasteiger partial charge in [0.2, 0.25) is 0 Å². The Bertz CT molecular complexity index is 374. The van der Waals surface area contributed by atoms with Crippen molar-refractivity contribution in [1.29, 1.82) is 0 Å². The zero-order valence-corrected chi connectivity index (χ0v) is 10.4. The molecule has 1 atom stereocenters. The van der Waals surface area contributed by atoms with Crippen LogP contribution in [0.3, 0.4) is 0 Å². The lowest BCUT2D eigenvalue weighted by molar-refractivity contribution is -0.136. The van der Waals surface area contributed by atoms with Crippen LogP contribution in [0.2, 0.25) is 0 Å². The number of rotatable bonds is 7. The van der Waals surface area contributed by atoms with Gasteiger partial charge in [-0.05, 0) is 12.8 Å². The number of H-pyrrole nitrogens is 1. The molecule has 0 aromatic carbocycles. The number of aromatic amines is 1. The van der Waals surface area contributed by atoms with Crippen molar-refractivity contribution in [3.63, 3.8) is 0 Å². The van der Waals surface area contributed by atoms with E-state index >= 15 is 0 Å². The van der Waals surface area contributed by atoms with Crippen molar-refractivity contribution < 1.29 is 15.0 Å². The smallest absolute Gasteiger partial charge is 0.303 e. The van der Waals surface area contributed by atoms with Crippen molar-refractivity contribution in [1.82, 2.24) is 9.97 Å². The number of aromatic nitrogens is 2. The Labute approximate surface area is 101 Å². The Morgan fingerprint density at radius 2 is 2.18 bits per heavy atom. The Morgan fingerprint density at radius 1 is 1.47 bits per heavy atom. The van der Waals surface area contributed by atoms with Crippen molar-refractivity contribution >= 4 is 5.97 Å². The van der Waals surface area contributed by atoms with Gasteiger partial charge in [-0.1, -0.05) is 13.8 Å². The summed E-state index contributed by atoms with van der Waals surface area (Å²) in [6.45, 7) is 3.97. The Balaban J connectivity index is 2.86. The predicted molar refractivity (Wildman–Crippen MR) is 64.0 cm³/mol. The maximum atomic E-state index is 10.6. The minimum Gasteiger partial charge on any atom is -0.481 e. The van der Waals surface area contributed by atoms with E-state index in [0.717, 1.165) is 30.1 Å². The van der Waals surface area contributed by atoms with Crippen LogP contribution in [0.4, 0.5) is 0 Å². The topological polar surface area (TPSA) is 86.2 Å².